The Morgan fingerprint density at radius 2 is 1.59 bits per heavy atom. The summed E-state index contributed by atoms with van der Waals surface area (Å²) in [6, 6.07) is 9.61. The molecular weight excluding hydrogens is 419 g/mol. The molecule has 3 amide bonds. The summed E-state index contributed by atoms with van der Waals surface area (Å²) in [6.07, 6.45) is -1.19. The maximum atomic E-state index is 12.5. The van der Waals surface area contributed by atoms with Gasteiger partial charge in [-0.25, -0.2) is 4.79 Å². The first kappa shape index (κ1) is 20.8. The van der Waals surface area contributed by atoms with Gasteiger partial charge < -0.3 is 10.1 Å². The number of carbonyl (C=O) groups excluding carboxylic acids is 4. The first-order valence-electron chi connectivity index (χ1n) is 8.64. The second-order valence-corrected chi connectivity index (χ2v) is 7.24. The van der Waals surface area contributed by atoms with Crippen LogP contribution >= 0.6 is 23.2 Å². The van der Waals surface area contributed by atoms with E-state index in [0.717, 1.165) is 4.90 Å². The van der Waals surface area contributed by atoms with Crippen molar-refractivity contribution in [1.82, 2.24) is 4.90 Å². The van der Waals surface area contributed by atoms with E-state index in [4.69, 9.17) is 27.9 Å². The molecule has 29 heavy (non-hydrogen) atoms. The van der Waals surface area contributed by atoms with E-state index in [-0.39, 0.29) is 16.1 Å². The Bertz CT molecular complexity index is 989. The average Bonchev–Trinajstić information content (AvgIpc) is 2.94. The summed E-state index contributed by atoms with van der Waals surface area (Å²) in [5, 5.41) is 3.16. The Balaban J connectivity index is 1.66. The zero-order valence-corrected chi connectivity index (χ0v) is 17.0. The first-order valence-corrected chi connectivity index (χ1v) is 9.39. The molecular formula is C20H16Cl2N2O5. The molecule has 0 fully saturated rings. The zero-order chi connectivity index (χ0) is 21.3. The number of hydrogen-bond acceptors (Lipinski definition) is 5. The van der Waals surface area contributed by atoms with E-state index < -0.39 is 35.8 Å². The Labute approximate surface area is 176 Å². The van der Waals surface area contributed by atoms with Crippen LogP contribution in [0.25, 0.3) is 0 Å². The van der Waals surface area contributed by atoms with Crippen LogP contribution in [0.3, 0.4) is 0 Å². The number of nitrogens with zero attached hydrogens (tertiary/aromatic N) is 1. The Morgan fingerprint density at radius 1 is 1.00 bits per heavy atom. The molecule has 1 N–H and O–H groups in total. The van der Waals surface area contributed by atoms with Crippen LogP contribution in [0.5, 0.6) is 0 Å². The molecule has 9 heteroatoms. The molecule has 3 rings (SSSR count). The lowest BCUT2D eigenvalue weighted by Crippen LogP contribution is -2.45. The van der Waals surface area contributed by atoms with Crippen LogP contribution in [0, 0.1) is 0 Å². The minimum atomic E-state index is -1.20. The van der Waals surface area contributed by atoms with Gasteiger partial charge in [-0.3, -0.25) is 19.3 Å². The van der Waals surface area contributed by atoms with Gasteiger partial charge in [0.05, 0.1) is 21.8 Å². The highest BCUT2D eigenvalue weighted by Crippen LogP contribution is 2.26. The van der Waals surface area contributed by atoms with Crippen LogP contribution in [-0.4, -0.2) is 40.7 Å². The van der Waals surface area contributed by atoms with Gasteiger partial charge >= 0.3 is 5.97 Å². The highest BCUT2D eigenvalue weighted by atomic mass is 35.5. The van der Waals surface area contributed by atoms with E-state index in [9.17, 15) is 19.2 Å². The van der Waals surface area contributed by atoms with Crippen molar-refractivity contribution in [3.05, 3.63) is 63.6 Å². The maximum absolute atomic E-state index is 12.5. The van der Waals surface area contributed by atoms with Crippen molar-refractivity contribution in [3.63, 3.8) is 0 Å². The number of halogens is 2. The molecule has 2 aromatic carbocycles. The highest BCUT2D eigenvalue weighted by molar-refractivity contribution is 6.36. The monoisotopic (exact) mass is 434 g/mol. The number of imide groups is 1. The largest absolute Gasteiger partial charge is 0.451 e. The number of esters is 1. The Morgan fingerprint density at radius 3 is 2.14 bits per heavy atom. The molecule has 0 unspecified atom stereocenters. The van der Waals surface area contributed by atoms with Crippen molar-refractivity contribution < 1.29 is 23.9 Å². The second-order valence-electron chi connectivity index (χ2n) is 6.39. The van der Waals surface area contributed by atoms with Crippen molar-refractivity contribution in [2.24, 2.45) is 0 Å². The van der Waals surface area contributed by atoms with E-state index in [1.807, 2.05) is 0 Å². The van der Waals surface area contributed by atoms with Crippen LogP contribution in [0.4, 0.5) is 5.69 Å². The third kappa shape index (κ3) is 4.11. The summed E-state index contributed by atoms with van der Waals surface area (Å²) in [4.78, 5) is 50.5. The Kier molecular flexibility index (Phi) is 5.91. The van der Waals surface area contributed by atoms with Crippen molar-refractivity contribution >= 4 is 52.6 Å². The van der Waals surface area contributed by atoms with Gasteiger partial charge in [0.1, 0.15) is 6.04 Å². The molecule has 1 aliphatic heterocycles. The van der Waals surface area contributed by atoms with Gasteiger partial charge in [0, 0.05) is 5.02 Å². The number of hydrogen-bond donors (Lipinski definition) is 1. The molecule has 0 aliphatic carbocycles. The number of benzene rings is 2. The number of ether oxygens (including phenoxy) is 1. The molecule has 0 radical (unpaired) electrons. The number of rotatable bonds is 5. The number of amides is 3. The van der Waals surface area contributed by atoms with Crippen LogP contribution in [0.2, 0.25) is 10.0 Å². The third-order valence-electron chi connectivity index (χ3n) is 4.41. The fraction of sp³-hybridized carbons (Fsp3) is 0.200. The molecule has 0 saturated heterocycles. The van der Waals surface area contributed by atoms with E-state index in [1.54, 1.807) is 18.2 Å². The summed E-state index contributed by atoms with van der Waals surface area (Å²) < 4.78 is 5.15. The summed E-state index contributed by atoms with van der Waals surface area (Å²) >= 11 is 11.8. The fourth-order valence-electron chi connectivity index (χ4n) is 2.82. The molecule has 2 atom stereocenters. The van der Waals surface area contributed by atoms with Crippen LogP contribution in [-0.2, 0) is 14.3 Å². The van der Waals surface area contributed by atoms with E-state index in [0.29, 0.717) is 10.7 Å². The van der Waals surface area contributed by atoms with Gasteiger partial charge in [-0.15, -0.1) is 0 Å². The fourth-order valence-corrected chi connectivity index (χ4v) is 3.27. The number of carbonyl (C=O) groups is 4. The lowest BCUT2D eigenvalue weighted by atomic mass is 10.1. The number of nitrogens with one attached hydrogen (secondary N) is 1. The predicted octanol–water partition coefficient (Wildman–Crippen LogP) is 3.55. The zero-order valence-electron chi connectivity index (χ0n) is 15.4. The quantitative estimate of drug-likeness (QED) is 0.573. The molecule has 0 spiro atoms. The normalized spacial score (nSPS) is 15.0. The highest BCUT2D eigenvalue weighted by Gasteiger charge is 2.41. The molecule has 0 saturated carbocycles. The summed E-state index contributed by atoms with van der Waals surface area (Å²) in [7, 11) is 0. The number of fused-ring (bicyclic) bond motifs is 1. The lowest BCUT2D eigenvalue weighted by molar-refractivity contribution is -0.156. The summed E-state index contributed by atoms with van der Waals surface area (Å²) in [5.74, 6) is -2.68. The van der Waals surface area contributed by atoms with Crippen molar-refractivity contribution in [1.29, 1.82) is 0 Å². The SMILES string of the molecule is C[C@@H](OC(=O)[C@H](C)N1C(=O)c2ccccc2C1=O)C(=O)Nc1ccc(Cl)cc1Cl. The molecule has 2 aromatic rings. The van der Waals surface area contributed by atoms with Crippen LogP contribution in [0.1, 0.15) is 34.6 Å². The first-order chi connectivity index (χ1) is 13.7. The standard InChI is InChI=1S/C20H16Cl2N2O5/c1-10(24-18(26)13-5-3-4-6-14(13)19(24)27)20(28)29-11(2)17(25)23-16-8-7-12(21)9-15(16)22/h3-11H,1-2H3,(H,23,25)/t10-,11+/m0/s1. The van der Waals surface area contributed by atoms with Crippen LogP contribution < -0.4 is 5.32 Å². The van der Waals surface area contributed by atoms with Gasteiger partial charge in [0.2, 0.25) is 0 Å². The maximum Gasteiger partial charge on any atom is 0.329 e. The van der Waals surface area contributed by atoms with E-state index >= 15 is 0 Å². The van der Waals surface area contributed by atoms with Gasteiger partial charge in [-0.2, -0.15) is 0 Å². The minimum Gasteiger partial charge on any atom is -0.451 e. The minimum absolute atomic E-state index is 0.223. The molecule has 7 nitrogen and oxygen atoms in total. The predicted molar refractivity (Wildman–Crippen MR) is 107 cm³/mol. The van der Waals surface area contributed by atoms with Gasteiger partial charge in [-0.05, 0) is 44.2 Å². The smallest absolute Gasteiger partial charge is 0.329 e. The molecule has 0 aromatic heterocycles. The summed E-state index contributed by atoms with van der Waals surface area (Å²) in [5.41, 5.74) is 0.748. The van der Waals surface area contributed by atoms with Crippen molar-refractivity contribution in [2.75, 3.05) is 5.32 Å². The van der Waals surface area contributed by atoms with E-state index in [1.165, 1.54) is 38.1 Å². The van der Waals surface area contributed by atoms with Gasteiger partial charge in [0.15, 0.2) is 6.10 Å². The second kappa shape index (κ2) is 8.23. The summed E-state index contributed by atoms with van der Waals surface area (Å²) in [6.45, 7) is 2.73. The third-order valence-corrected chi connectivity index (χ3v) is 4.95. The lowest BCUT2D eigenvalue weighted by Gasteiger charge is -2.22. The van der Waals surface area contributed by atoms with E-state index in [2.05, 4.69) is 5.32 Å². The van der Waals surface area contributed by atoms with Crippen molar-refractivity contribution in [2.45, 2.75) is 26.0 Å². The average molecular weight is 435 g/mol. The molecule has 0 bridgehead atoms. The Hall–Kier alpha value is -2.90. The number of anilines is 1. The molecule has 150 valence electrons. The van der Waals surface area contributed by atoms with Gasteiger partial charge in [0.25, 0.3) is 17.7 Å². The van der Waals surface area contributed by atoms with Crippen LogP contribution in [0.15, 0.2) is 42.5 Å². The van der Waals surface area contributed by atoms with Gasteiger partial charge in [-0.1, -0.05) is 35.3 Å². The van der Waals surface area contributed by atoms with Crippen molar-refractivity contribution in [3.8, 4) is 0 Å². The molecule has 1 heterocycles. The topological polar surface area (TPSA) is 92.8 Å². The molecule has 1 aliphatic rings.